The molecule has 0 heterocycles. The van der Waals surface area contributed by atoms with Crippen molar-refractivity contribution in [1.29, 1.82) is 0 Å². The van der Waals surface area contributed by atoms with Gasteiger partial charge in [-0.3, -0.25) is 9.59 Å². The molecule has 3 saturated carbocycles. The average molecular weight is 430 g/mol. The number of hydrogen-bond acceptors (Lipinski definition) is 4. The van der Waals surface area contributed by atoms with Crippen molar-refractivity contribution < 1.29 is 37.4 Å². The summed E-state index contributed by atoms with van der Waals surface area (Å²) in [6, 6.07) is 0. The van der Waals surface area contributed by atoms with E-state index >= 15 is 8.78 Å². The Labute approximate surface area is 172 Å². The summed E-state index contributed by atoms with van der Waals surface area (Å²) in [5.74, 6) is -6.05. The predicted octanol–water partition coefficient (Wildman–Crippen LogP) is 3.12. The summed E-state index contributed by atoms with van der Waals surface area (Å²) < 4.78 is 60.0. The number of halogens is 4. The van der Waals surface area contributed by atoms with Crippen LogP contribution < -0.4 is 0 Å². The van der Waals surface area contributed by atoms with E-state index in [2.05, 4.69) is 0 Å². The molecule has 0 amide bonds. The number of aliphatic hydroxyl groups excluding tert-OH is 1. The Morgan fingerprint density at radius 3 is 2.50 bits per heavy atom. The molecule has 0 unspecified atom stereocenters. The minimum atomic E-state index is -2.52. The van der Waals surface area contributed by atoms with Crippen LogP contribution in [0.4, 0.5) is 17.6 Å². The first-order chi connectivity index (χ1) is 13.8. The number of Topliss-reactive ketones (excluding diaryl/α,β-unsaturated/α-hetero) is 1. The molecule has 0 bridgehead atoms. The van der Waals surface area contributed by atoms with Crippen molar-refractivity contribution in [2.75, 3.05) is 6.67 Å². The molecule has 2 N–H and O–H groups in total. The molecule has 0 aromatic rings. The lowest BCUT2D eigenvalue weighted by molar-refractivity contribution is -0.223. The highest BCUT2D eigenvalue weighted by Gasteiger charge is 2.77. The van der Waals surface area contributed by atoms with Gasteiger partial charge >= 0.3 is 0 Å². The van der Waals surface area contributed by atoms with E-state index in [1.54, 1.807) is 6.92 Å². The lowest BCUT2D eigenvalue weighted by Gasteiger charge is -2.62. The third-order valence-corrected chi connectivity index (χ3v) is 8.83. The van der Waals surface area contributed by atoms with Gasteiger partial charge in [-0.15, -0.1) is 0 Å². The molecule has 166 valence electrons. The Bertz CT molecular complexity index is 886. The van der Waals surface area contributed by atoms with Gasteiger partial charge in [0.05, 0.1) is 6.10 Å². The van der Waals surface area contributed by atoms with Crippen molar-refractivity contribution in [2.24, 2.45) is 28.6 Å². The van der Waals surface area contributed by atoms with Crippen molar-refractivity contribution in [3.8, 4) is 0 Å². The first-order valence-corrected chi connectivity index (χ1v) is 10.3. The lowest BCUT2D eigenvalue weighted by Crippen LogP contribution is -2.70. The number of alkyl halides is 3. The van der Waals surface area contributed by atoms with Crippen molar-refractivity contribution >= 4 is 11.6 Å². The molecule has 0 saturated heterocycles. The molecule has 8 heteroatoms. The van der Waals surface area contributed by atoms with Crippen LogP contribution in [0.15, 0.2) is 23.6 Å². The number of aliphatic hydroxyl groups is 2. The fourth-order valence-electron chi connectivity index (χ4n) is 7.33. The number of carbonyl (C=O) groups is 2. The van der Waals surface area contributed by atoms with Gasteiger partial charge in [-0.25, -0.2) is 17.6 Å². The minimum absolute atomic E-state index is 0.134. The molecule has 4 rings (SSSR count). The van der Waals surface area contributed by atoms with E-state index < -0.39 is 88.2 Å². The molecule has 0 aromatic carbocycles. The second kappa shape index (κ2) is 6.25. The average Bonchev–Trinajstić information content (AvgIpc) is 2.88. The number of carbonyl (C=O) groups excluding carboxylic acids is 2. The zero-order valence-corrected chi connectivity index (χ0v) is 17.1. The maximum absolute atomic E-state index is 16.9. The van der Waals surface area contributed by atoms with Crippen LogP contribution in [0.1, 0.15) is 40.0 Å². The van der Waals surface area contributed by atoms with Gasteiger partial charge in [-0.05, 0) is 44.1 Å². The van der Waals surface area contributed by atoms with Crippen molar-refractivity contribution in [2.45, 2.75) is 63.6 Å². The minimum Gasteiger partial charge on any atom is -0.390 e. The summed E-state index contributed by atoms with van der Waals surface area (Å²) in [6.45, 7) is 2.94. The number of ketones is 2. The normalized spacial score (nSPS) is 52.7. The zero-order chi connectivity index (χ0) is 22.4. The van der Waals surface area contributed by atoms with E-state index in [9.17, 15) is 28.6 Å². The summed E-state index contributed by atoms with van der Waals surface area (Å²) in [7, 11) is 0. The quantitative estimate of drug-likeness (QED) is 0.661. The van der Waals surface area contributed by atoms with Gasteiger partial charge < -0.3 is 10.2 Å². The largest absolute Gasteiger partial charge is 0.390 e. The topological polar surface area (TPSA) is 74.6 Å². The molecule has 4 aliphatic carbocycles. The van der Waals surface area contributed by atoms with Crippen molar-refractivity contribution in [1.82, 2.24) is 0 Å². The Hall–Kier alpha value is -1.54. The molecule has 3 fully saturated rings. The highest BCUT2D eigenvalue weighted by atomic mass is 19.2. The molecule has 0 radical (unpaired) electrons. The summed E-state index contributed by atoms with van der Waals surface area (Å²) in [5.41, 5.74) is -8.52. The molecular formula is C22H26F4O4. The summed E-state index contributed by atoms with van der Waals surface area (Å²) in [6.07, 6.45) is -2.51. The number of fused-ring (bicyclic) bond motifs is 5. The van der Waals surface area contributed by atoms with Crippen LogP contribution in [0.3, 0.4) is 0 Å². The van der Waals surface area contributed by atoms with Crippen LogP contribution in [0.25, 0.3) is 0 Å². The van der Waals surface area contributed by atoms with Crippen molar-refractivity contribution in [3.63, 3.8) is 0 Å². The van der Waals surface area contributed by atoms with E-state index in [4.69, 9.17) is 0 Å². The van der Waals surface area contributed by atoms with Crippen LogP contribution in [0, 0.1) is 28.6 Å². The Kier molecular flexibility index (Phi) is 4.52. The van der Waals surface area contributed by atoms with Gasteiger partial charge in [-0.1, -0.05) is 19.9 Å². The van der Waals surface area contributed by atoms with Crippen LogP contribution in [-0.2, 0) is 9.59 Å². The second-order valence-corrected chi connectivity index (χ2v) is 9.91. The van der Waals surface area contributed by atoms with Gasteiger partial charge in [0.2, 0.25) is 5.78 Å². The van der Waals surface area contributed by atoms with E-state index in [0.29, 0.717) is 0 Å². The maximum atomic E-state index is 16.9. The first-order valence-electron chi connectivity index (χ1n) is 10.3. The lowest BCUT2D eigenvalue weighted by atomic mass is 9.44. The smallest absolute Gasteiger partial charge is 0.213 e. The summed E-state index contributed by atoms with van der Waals surface area (Å²) in [4.78, 5) is 24.2. The maximum Gasteiger partial charge on any atom is 0.213 e. The van der Waals surface area contributed by atoms with E-state index in [1.165, 1.54) is 13.8 Å². The highest BCUT2D eigenvalue weighted by Crippen LogP contribution is 2.71. The molecule has 4 nitrogen and oxygen atoms in total. The number of allylic oxidation sites excluding steroid dienone is 4. The fraction of sp³-hybridized carbons (Fsp3) is 0.727. The Morgan fingerprint density at radius 1 is 1.27 bits per heavy atom. The number of rotatable bonds is 2. The molecule has 30 heavy (non-hydrogen) atoms. The van der Waals surface area contributed by atoms with E-state index in [-0.39, 0.29) is 12.8 Å². The van der Waals surface area contributed by atoms with Crippen molar-refractivity contribution in [3.05, 3.63) is 23.6 Å². The summed E-state index contributed by atoms with van der Waals surface area (Å²) in [5, 5.41) is 22.3. The Morgan fingerprint density at radius 2 is 1.90 bits per heavy atom. The second-order valence-electron chi connectivity index (χ2n) is 9.91. The van der Waals surface area contributed by atoms with Gasteiger partial charge in [0.15, 0.2) is 24.0 Å². The van der Waals surface area contributed by atoms with Gasteiger partial charge in [0.25, 0.3) is 0 Å². The van der Waals surface area contributed by atoms with E-state index in [1.807, 2.05) is 0 Å². The molecular weight excluding hydrogens is 404 g/mol. The summed E-state index contributed by atoms with van der Waals surface area (Å²) >= 11 is 0. The predicted molar refractivity (Wildman–Crippen MR) is 99.2 cm³/mol. The highest BCUT2D eigenvalue weighted by molar-refractivity contribution is 6.04. The number of hydrogen-bond donors (Lipinski definition) is 2. The molecule has 0 spiro atoms. The Balaban J connectivity index is 1.89. The third kappa shape index (κ3) is 2.14. The van der Waals surface area contributed by atoms with Crippen LogP contribution in [-0.4, -0.2) is 52.0 Å². The molecule has 0 aliphatic heterocycles. The standard InChI is InChI=1S/C22H26F4O4/c1-10-6-11-12-7-13(24)17-18(25)14(27)4-5-19(17,2)21(12,26)15(28)8-20(11,3)22(10,30)16(29)9-23/h4-5,10-13,15,28,30H,6-9H2,1-3H3/t10-,11+,12+,13+,15+,19+,20+,21+,22+/m1/s1. The monoisotopic (exact) mass is 430 g/mol. The zero-order valence-electron chi connectivity index (χ0n) is 17.1. The third-order valence-electron chi connectivity index (χ3n) is 8.83. The van der Waals surface area contributed by atoms with Gasteiger partial charge in [0, 0.05) is 22.3 Å². The molecule has 0 aromatic heterocycles. The van der Waals surface area contributed by atoms with E-state index in [0.717, 1.165) is 12.2 Å². The van der Waals surface area contributed by atoms with Crippen LogP contribution >= 0.6 is 0 Å². The van der Waals surface area contributed by atoms with Gasteiger partial charge in [-0.2, -0.15) is 0 Å². The SMILES string of the molecule is C[C@@H]1C[C@H]2[C@@H]3C[C@H](F)C4=C(F)C(=O)C=C[C@]4(C)[C@@]3(F)[C@@H](O)C[C@]2(C)[C@@]1(O)C(=O)CF. The van der Waals surface area contributed by atoms with Crippen LogP contribution in [0.5, 0.6) is 0 Å². The van der Waals surface area contributed by atoms with Crippen LogP contribution in [0.2, 0.25) is 0 Å². The molecule has 4 aliphatic rings. The fourth-order valence-corrected chi connectivity index (χ4v) is 7.33. The van der Waals surface area contributed by atoms with Gasteiger partial charge in [0.1, 0.15) is 11.8 Å². The first kappa shape index (κ1) is 21.7. The molecule has 9 atom stereocenters.